The fourth-order valence-electron chi connectivity index (χ4n) is 4.83. The first-order chi connectivity index (χ1) is 15.2. The first kappa shape index (κ1) is 20.0. The third-order valence-corrected chi connectivity index (χ3v) is 7.08. The summed E-state index contributed by atoms with van der Waals surface area (Å²) in [5.74, 6) is 0.686. The van der Waals surface area contributed by atoms with Crippen molar-refractivity contribution in [2.24, 2.45) is 5.92 Å². The average Bonchev–Trinajstić information content (AvgIpc) is 3.69. The molecule has 0 amide bonds. The van der Waals surface area contributed by atoms with Gasteiger partial charge in [-0.1, -0.05) is 60.7 Å². The van der Waals surface area contributed by atoms with Crippen molar-refractivity contribution in [2.75, 3.05) is 6.61 Å². The third kappa shape index (κ3) is 4.01. The Balaban J connectivity index is 1.47. The molecule has 0 radical (unpaired) electrons. The van der Waals surface area contributed by atoms with Crippen LogP contribution in [0.3, 0.4) is 0 Å². The molecule has 0 bridgehead atoms. The van der Waals surface area contributed by atoms with Crippen molar-refractivity contribution in [3.63, 3.8) is 0 Å². The Bertz CT molecular complexity index is 1060. The average molecular weight is 409 g/mol. The molecule has 0 aliphatic heterocycles. The molecule has 1 heterocycles. The summed E-state index contributed by atoms with van der Waals surface area (Å²) in [6, 6.07) is 27.6. The molecule has 156 valence electrons. The van der Waals surface area contributed by atoms with Crippen LogP contribution < -0.4 is 0 Å². The molecular weight excluding hydrogens is 380 g/mol. The molecule has 2 fully saturated rings. The van der Waals surface area contributed by atoms with E-state index in [1.54, 1.807) is 0 Å². The number of ether oxygens (including phenoxy) is 1. The van der Waals surface area contributed by atoms with E-state index in [2.05, 4.69) is 54.6 Å². The van der Waals surface area contributed by atoms with Gasteiger partial charge in [0.25, 0.3) is 0 Å². The summed E-state index contributed by atoms with van der Waals surface area (Å²) < 4.78 is 6.67. The minimum atomic E-state index is -0.440. The molecule has 0 saturated heterocycles. The smallest absolute Gasteiger partial charge is 0.110 e. The minimum Gasteiger partial charge on any atom is -0.368 e. The molecule has 2 aromatic carbocycles. The second kappa shape index (κ2) is 8.29. The standard InChI is InChI=1S/C28H28N2O/c29-21-27(25-9-5-2-6-10-25)14-16-28(17-15-27,31-20-22-11-12-22)26-19-24(13-18-30-26)23-7-3-1-4-8-23/h1-10,13,18-19,22H,11-12,14-17,20H2. The van der Waals surface area contributed by atoms with E-state index in [9.17, 15) is 5.26 Å². The van der Waals surface area contributed by atoms with E-state index in [0.29, 0.717) is 5.92 Å². The Labute approximate surface area is 184 Å². The van der Waals surface area contributed by atoms with Crippen LogP contribution >= 0.6 is 0 Å². The van der Waals surface area contributed by atoms with Crippen molar-refractivity contribution in [3.8, 4) is 17.2 Å². The molecule has 0 N–H and O–H groups in total. The van der Waals surface area contributed by atoms with Crippen LogP contribution in [0.4, 0.5) is 0 Å². The number of benzene rings is 2. The summed E-state index contributed by atoms with van der Waals surface area (Å²) in [4.78, 5) is 4.80. The summed E-state index contributed by atoms with van der Waals surface area (Å²) >= 11 is 0. The summed E-state index contributed by atoms with van der Waals surface area (Å²) in [5, 5.41) is 10.2. The Morgan fingerprint density at radius 1 is 0.871 bits per heavy atom. The number of nitriles is 1. The van der Waals surface area contributed by atoms with E-state index in [-0.39, 0.29) is 0 Å². The van der Waals surface area contributed by atoms with Crippen LogP contribution in [0.1, 0.15) is 49.8 Å². The topological polar surface area (TPSA) is 45.9 Å². The summed E-state index contributed by atoms with van der Waals surface area (Å²) in [6.45, 7) is 0.794. The van der Waals surface area contributed by atoms with Crippen LogP contribution in [-0.4, -0.2) is 11.6 Å². The first-order valence-corrected chi connectivity index (χ1v) is 11.4. The molecule has 3 aromatic rings. The zero-order valence-electron chi connectivity index (χ0n) is 17.8. The van der Waals surface area contributed by atoms with Gasteiger partial charge in [-0.3, -0.25) is 4.98 Å². The van der Waals surface area contributed by atoms with Gasteiger partial charge in [0, 0.05) is 6.20 Å². The van der Waals surface area contributed by atoms with Gasteiger partial charge in [-0.2, -0.15) is 5.26 Å². The number of hydrogen-bond acceptors (Lipinski definition) is 3. The lowest BCUT2D eigenvalue weighted by molar-refractivity contribution is -0.0908. The highest BCUT2D eigenvalue weighted by atomic mass is 16.5. The maximum absolute atomic E-state index is 10.2. The Kier molecular flexibility index (Phi) is 5.34. The number of nitrogens with zero attached hydrogens (tertiary/aromatic N) is 2. The molecule has 3 heteroatoms. The quantitative estimate of drug-likeness (QED) is 0.474. The van der Waals surface area contributed by atoms with Crippen LogP contribution in [0.2, 0.25) is 0 Å². The van der Waals surface area contributed by atoms with Crippen molar-refractivity contribution in [1.82, 2.24) is 4.98 Å². The van der Waals surface area contributed by atoms with E-state index in [4.69, 9.17) is 9.72 Å². The van der Waals surface area contributed by atoms with Gasteiger partial charge in [-0.15, -0.1) is 0 Å². The van der Waals surface area contributed by atoms with Crippen LogP contribution in [0.15, 0.2) is 79.0 Å². The van der Waals surface area contributed by atoms with Crippen molar-refractivity contribution >= 4 is 0 Å². The molecule has 1 aromatic heterocycles. The number of aromatic nitrogens is 1. The molecule has 0 atom stereocenters. The molecule has 3 nitrogen and oxygen atoms in total. The van der Waals surface area contributed by atoms with Crippen molar-refractivity contribution in [3.05, 3.63) is 90.3 Å². The number of pyridine rings is 1. The highest BCUT2D eigenvalue weighted by molar-refractivity contribution is 5.63. The van der Waals surface area contributed by atoms with Gasteiger partial charge in [0.05, 0.1) is 23.8 Å². The summed E-state index contributed by atoms with van der Waals surface area (Å²) in [6.07, 6.45) is 7.63. The lowest BCUT2D eigenvalue weighted by Crippen LogP contribution is -2.41. The summed E-state index contributed by atoms with van der Waals surface area (Å²) in [7, 11) is 0. The monoisotopic (exact) mass is 408 g/mol. The van der Waals surface area contributed by atoms with Crippen LogP contribution in [0, 0.1) is 17.2 Å². The lowest BCUT2D eigenvalue weighted by Gasteiger charge is -2.43. The molecule has 0 unspecified atom stereocenters. The molecule has 31 heavy (non-hydrogen) atoms. The van der Waals surface area contributed by atoms with Crippen molar-refractivity contribution in [2.45, 2.75) is 49.5 Å². The van der Waals surface area contributed by atoms with E-state index in [0.717, 1.165) is 43.5 Å². The van der Waals surface area contributed by atoms with Gasteiger partial charge >= 0.3 is 0 Å². The number of rotatable bonds is 6. The Morgan fingerprint density at radius 2 is 1.55 bits per heavy atom. The van der Waals surface area contributed by atoms with E-state index >= 15 is 0 Å². The van der Waals surface area contributed by atoms with Crippen LogP contribution in [-0.2, 0) is 15.8 Å². The molecule has 0 spiro atoms. The maximum Gasteiger partial charge on any atom is 0.110 e. The molecular formula is C28H28N2O. The summed E-state index contributed by atoms with van der Waals surface area (Å²) in [5.41, 5.74) is 3.64. The van der Waals surface area contributed by atoms with Gasteiger partial charge in [0.2, 0.25) is 0 Å². The second-order valence-corrected chi connectivity index (χ2v) is 9.10. The van der Waals surface area contributed by atoms with Gasteiger partial charge in [-0.25, -0.2) is 0 Å². The van der Waals surface area contributed by atoms with E-state index in [1.165, 1.54) is 24.0 Å². The van der Waals surface area contributed by atoms with Gasteiger partial charge in [0.15, 0.2) is 0 Å². The molecule has 2 saturated carbocycles. The zero-order valence-corrected chi connectivity index (χ0v) is 17.8. The lowest BCUT2D eigenvalue weighted by atomic mass is 9.65. The highest BCUT2D eigenvalue weighted by Crippen LogP contribution is 2.49. The normalized spacial score (nSPS) is 25.6. The van der Waals surface area contributed by atoms with Gasteiger partial charge in [-0.05, 0) is 73.3 Å². The van der Waals surface area contributed by atoms with Crippen LogP contribution in [0.25, 0.3) is 11.1 Å². The molecule has 2 aliphatic rings. The van der Waals surface area contributed by atoms with E-state index in [1.807, 2.05) is 30.5 Å². The third-order valence-electron chi connectivity index (χ3n) is 7.08. The van der Waals surface area contributed by atoms with Crippen LogP contribution in [0.5, 0.6) is 0 Å². The zero-order chi connectivity index (χ0) is 21.2. The van der Waals surface area contributed by atoms with E-state index < -0.39 is 11.0 Å². The minimum absolute atomic E-state index is 0.414. The Morgan fingerprint density at radius 3 is 2.19 bits per heavy atom. The van der Waals surface area contributed by atoms with Gasteiger partial charge < -0.3 is 4.74 Å². The maximum atomic E-state index is 10.2. The Hall–Kier alpha value is -2.96. The SMILES string of the molecule is N#CC1(c2ccccc2)CCC(OCC2CC2)(c2cc(-c3ccccc3)ccn2)CC1. The fraction of sp³-hybridized carbons (Fsp3) is 0.357. The largest absolute Gasteiger partial charge is 0.368 e. The predicted octanol–water partition coefficient (Wildman–Crippen LogP) is 6.41. The van der Waals surface area contributed by atoms with Gasteiger partial charge in [0.1, 0.15) is 5.60 Å². The molecule has 5 rings (SSSR count). The van der Waals surface area contributed by atoms with Crippen molar-refractivity contribution in [1.29, 1.82) is 5.26 Å². The highest BCUT2D eigenvalue weighted by Gasteiger charge is 2.47. The second-order valence-electron chi connectivity index (χ2n) is 9.10. The fourth-order valence-corrected chi connectivity index (χ4v) is 4.83. The molecule has 2 aliphatic carbocycles. The van der Waals surface area contributed by atoms with Crippen molar-refractivity contribution < 1.29 is 4.74 Å². The first-order valence-electron chi connectivity index (χ1n) is 11.4. The predicted molar refractivity (Wildman–Crippen MR) is 122 cm³/mol. The number of hydrogen-bond donors (Lipinski definition) is 0.